The fraction of sp³-hybridized carbons (Fsp3) is 1.00. The molecule has 0 spiro atoms. The lowest BCUT2D eigenvalue weighted by molar-refractivity contribution is -0.0966. The van der Waals surface area contributed by atoms with Crippen LogP contribution in [0.1, 0.15) is 59.3 Å². The second-order valence-electron chi connectivity index (χ2n) is 6.78. The van der Waals surface area contributed by atoms with Gasteiger partial charge in [-0.2, -0.15) is 0 Å². The van der Waals surface area contributed by atoms with Gasteiger partial charge in [0, 0.05) is 24.7 Å². The van der Waals surface area contributed by atoms with Gasteiger partial charge in [-0.3, -0.25) is 4.90 Å². The smallest absolute Gasteiger partial charge is 0.0675 e. The maximum Gasteiger partial charge on any atom is 0.0675 e. The zero-order valence-corrected chi connectivity index (χ0v) is 13.0. The monoisotopic (exact) mass is 268 g/mol. The first-order chi connectivity index (χ1) is 9.11. The molecule has 4 atom stereocenters. The molecule has 0 bridgehead atoms. The standard InChI is InChI=1S/C16H32N2O/c1-4-15-6-5-8-16(12-17,9-7-15)18-10-14(3)19-11-13(18)2/h13-15H,4-12,17H2,1-3H3. The molecule has 1 saturated heterocycles. The highest BCUT2D eigenvalue weighted by molar-refractivity contribution is 4.98. The average Bonchev–Trinajstić information content (AvgIpc) is 2.64. The Kier molecular flexibility index (Phi) is 5.27. The van der Waals surface area contributed by atoms with Crippen LogP contribution in [0.4, 0.5) is 0 Å². The predicted molar refractivity (Wildman–Crippen MR) is 80.2 cm³/mol. The van der Waals surface area contributed by atoms with Crippen LogP contribution in [0, 0.1) is 5.92 Å². The van der Waals surface area contributed by atoms with Gasteiger partial charge in [0.15, 0.2) is 0 Å². The lowest BCUT2D eigenvalue weighted by atomic mass is 9.85. The van der Waals surface area contributed by atoms with Crippen LogP contribution < -0.4 is 5.73 Å². The molecule has 2 fully saturated rings. The van der Waals surface area contributed by atoms with Crippen molar-refractivity contribution in [2.45, 2.75) is 77.0 Å². The van der Waals surface area contributed by atoms with Crippen molar-refractivity contribution < 1.29 is 4.74 Å². The third kappa shape index (κ3) is 3.32. The Bertz CT molecular complexity index is 284. The van der Waals surface area contributed by atoms with Gasteiger partial charge in [0.2, 0.25) is 0 Å². The molecular formula is C16H32N2O. The summed E-state index contributed by atoms with van der Waals surface area (Å²) in [6.07, 6.45) is 8.32. The van der Waals surface area contributed by atoms with Crippen molar-refractivity contribution in [2.75, 3.05) is 19.7 Å². The number of nitrogens with two attached hydrogens (primary N) is 1. The van der Waals surface area contributed by atoms with Crippen LogP contribution in [0.15, 0.2) is 0 Å². The summed E-state index contributed by atoms with van der Waals surface area (Å²) < 4.78 is 5.79. The molecule has 112 valence electrons. The number of hydrogen-bond acceptors (Lipinski definition) is 3. The fourth-order valence-corrected chi connectivity index (χ4v) is 4.04. The third-order valence-corrected chi connectivity index (χ3v) is 5.45. The molecule has 2 N–H and O–H groups in total. The van der Waals surface area contributed by atoms with E-state index in [0.717, 1.165) is 25.6 Å². The minimum absolute atomic E-state index is 0.237. The highest BCUT2D eigenvalue weighted by Gasteiger charge is 2.41. The number of hydrogen-bond donors (Lipinski definition) is 1. The van der Waals surface area contributed by atoms with Crippen molar-refractivity contribution in [3.63, 3.8) is 0 Å². The zero-order chi connectivity index (χ0) is 13.9. The number of rotatable bonds is 3. The highest BCUT2D eigenvalue weighted by Crippen LogP contribution is 2.37. The summed E-state index contributed by atoms with van der Waals surface area (Å²) in [5.41, 5.74) is 6.49. The molecule has 1 heterocycles. The van der Waals surface area contributed by atoms with E-state index in [1.807, 2.05) is 0 Å². The Balaban J connectivity index is 2.11. The Hall–Kier alpha value is -0.120. The van der Waals surface area contributed by atoms with E-state index in [2.05, 4.69) is 25.7 Å². The Labute approximate surface area is 118 Å². The van der Waals surface area contributed by atoms with Crippen LogP contribution in [0.25, 0.3) is 0 Å². The van der Waals surface area contributed by atoms with Crippen LogP contribution >= 0.6 is 0 Å². The summed E-state index contributed by atoms with van der Waals surface area (Å²) in [5, 5.41) is 0. The Morgan fingerprint density at radius 3 is 2.74 bits per heavy atom. The topological polar surface area (TPSA) is 38.5 Å². The van der Waals surface area contributed by atoms with Gasteiger partial charge in [0.1, 0.15) is 0 Å². The SMILES string of the molecule is CCC1CCCC(CN)(N2CC(C)OCC2C)CC1. The molecule has 1 aliphatic heterocycles. The van der Waals surface area contributed by atoms with Crippen molar-refractivity contribution in [1.82, 2.24) is 4.90 Å². The van der Waals surface area contributed by atoms with Gasteiger partial charge in [0.05, 0.1) is 12.7 Å². The van der Waals surface area contributed by atoms with Crippen LogP contribution in [0.5, 0.6) is 0 Å². The van der Waals surface area contributed by atoms with Gasteiger partial charge < -0.3 is 10.5 Å². The van der Waals surface area contributed by atoms with E-state index >= 15 is 0 Å². The van der Waals surface area contributed by atoms with E-state index in [9.17, 15) is 0 Å². The second-order valence-corrected chi connectivity index (χ2v) is 6.78. The summed E-state index contributed by atoms with van der Waals surface area (Å²) >= 11 is 0. The molecule has 0 aromatic rings. The molecule has 0 radical (unpaired) electrons. The Morgan fingerprint density at radius 1 is 1.26 bits per heavy atom. The van der Waals surface area contributed by atoms with Crippen LogP contribution in [0.3, 0.4) is 0 Å². The lowest BCUT2D eigenvalue weighted by Gasteiger charge is -2.50. The average molecular weight is 268 g/mol. The second kappa shape index (κ2) is 6.55. The normalized spacial score (nSPS) is 42.0. The number of morpholine rings is 1. The molecule has 0 aromatic carbocycles. The van der Waals surface area contributed by atoms with Gasteiger partial charge in [0.25, 0.3) is 0 Å². The van der Waals surface area contributed by atoms with Crippen molar-refractivity contribution >= 4 is 0 Å². The molecule has 2 rings (SSSR count). The Morgan fingerprint density at radius 2 is 2.05 bits per heavy atom. The summed E-state index contributed by atoms with van der Waals surface area (Å²) in [6.45, 7) is 9.54. The summed E-state index contributed by atoms with van der Waals surface area (Å²) in [5.74, 6) is 0.919. The van der Waals surface area contributed by atoms with E-state index in [-0.39, 0.29) is 5.54 Å². The van der Waals surface area contributed by atoms with Crippen LogP contribution in [-0.4, -0.2) is 42.3 Å². The van der Waals surface area contributed by atoms with Gasteiger partial charge in [-0.15, -0.1) is 0 Å². The van der Waals surface area contributed by atoms with E-state index in [4.69, 9.17) is 10.5 Å². The van der Waals surface area contributed by atoms with Gasteiger partial charge in [-0.25, -0.2) is 0 Å². The third-order valence-electron chi connectivity index (χ3n) is 5.45. The van der Waals surface area contributed by atoms with E-state index in [0.29, 0.717) is 12.1 Å². The molecule has 0 amide bonds. The fourth-order valence-electron chi connectivity index (χ4n) is 4.04. The van der Waals surface area contributed by atoms with Crippen LogP contribution in [0.2, 0.25) is 0 Å². The first-order valence-electron chi connectivity index (χ1n) is 8.19. The van der Waals surface area contributed by atoms with E-state index in [1.54, 1.807) is 0 Å². The summed E-state index contributed by atoms with van der Waals surface area (Å²) in [4.78, 5) is 2.68. The van der Waals surface area contributed by atoms with E-state index < -0.39 is 0 Å². The number of ether oxygens (including phenoxy) is 1. The van der Waals surface area contributed by atoms with Crippen molar-refractivity contribution in [3.8, 4) is 0 Å². The lowest BCUT2D eigenvalue weighted by Crippen LogP contribution is -2.62. The first-order valence-corrected chi connectivity index (χ1v) is 8.19. The van der Waals surface area contributed by atoms with Crippen molar-refractivity contribution in [2.24, 2.45) is 11.7 Å². The summed E-state index contributed by atoms with van der Waals surface area (Å²) in [6, 6.07) is 0.512. The molecule has 1 aliphatic carbocycles. The highest BCUT2D eigenvalue weighted by atomic mass is 16.5. The minimum Gasteiger partial charge on any atom is -0.376 e. The molecule has 1 saturated carbocycles. The maximum atomic E-state index is 6.25. The first kappa shape index (κ1) is 15.3. The molecule has 3 nitrogen and oxygen atoms in total. The molecular weight excluding hydrogens is 236 g/mol. The van der Waals surface area contributed by atoms with Gasteiger partial charge in [-0.1, -0.05) is 26.2 Å². The van der Waals surface area contributed by atoms with Gasteiger partial charge in [-0.05, 0) is 39.0 Å². The minimum atomic E-state index is 0.237. The zero-order valence-electron chi connectivity index (χ0n) is 13.0. The molecule has 0 aromatic heterocycles. The van der Waals surface area contributed by atoms with Crippen molar-refractivity contribution in [1.29, 1.82) is 0 Å². The molecule has 3 heteroatoms. The van der Waals surface area contributed by atoms with Crippen LogP contribution in [-0.2, 0) is 4.74 Å². The molecule has 19 heavy (non-hydrogen) atoms. The molecule has 4 unspecified atom stereocenters. The van der Waals surface area contributed by atoms with Gasteiger partial charge >= 0.3 is 0 Å². The largest absolute Gasteiger partial charge is 0.376 e. The van der Waals surface area contributed by atoms with Crippen molar-refractivity contribution in [3.05, 3.63) is 0 Å². The quantitative estimate of drug-likeness (QED) is 0.800. The maximum absolute atomic E-state index is 6.25. The summed E-state index contributed by atoms with van der Waals surface area (Å²) in [7, 11) is 0. The number of nitrogens with zero attached hydrogens (tertiary/aromatic N) is 1. The molecule has 2 aliphatic rings. The van der Waals surface area contributed by atoms with E-state index in [1.165, 1.54) is 38.5 Å². The predicted octanol–water partition coefficient (Wildman–Crippen LogP) is 2.78.